The average molecular weight is 671 g/mol. The molecule has 0 aromatic carbocycles. The second-order valence-electron chi connectivity index (χ2n) is 10.6. The number of carbonyl (C=O) groups is 2. The molecule has 0 saturated carbocycles. The Morgan fingerprint density at radius 3 is 1.87 bits per heavy atom. The third-order valence-electron chi connectivity index (χ3n) is 8.06. The Kier molecular flexibility index (Phi) is 12.1. The van der Waals surface area contributed by atoms with E-state index >= 15 is 0 Å². The van der Waals surface area contributed by atoms with Crippen molar-refractivity contribution in [1.29, 1.82) is 0 Å². The van der Waals surface area contributed by atoms with E-state index in [1.54, 1.807) is 12.2 Å². The minimum Gasteiger partial charge on any atom is -0.657 e. The number of hydrogen-bond acceptors (Lipinski definition) is 4. The van der Waals surface area contributed by atoms with Crippen LogP contribution < -0.4 is 9.97 Å². The summed E-state index contributed by atoms with van der Waals surface area (Å²) >= 11 is 0. The first kappa shape index (κ1) is 37.0. The van der Waals surface area contributed by atoms with Gasteiger partial charge >= 0.3 is 29.0 Å². The molecule has 2 aliphatic rings. The molecule has 5 rings (SSSR count). The molecule has 3 aromatic heterocycles. The van der Waals surface area contributed by atoms with Gasteiger partial charge in [0.1, 0.15) is 0 Å². The summed E-state index contributed by atoms with van der Waals surface area (Å²) in [5, 5.41) is 18.9. The number of aryl methyl sites for hydroxylation is 3. The van der Waals surface area contributed by atoms with Crippen LogP contribution in [0.4, 0.5) is 0 Å². The average Bonchev–Trinajstić information content (AvgIpc) is 3.59. The fourth-order valence-electron chi connectivity index (χ4n) is 5.61. The molecule has 5 heterocycles. The first-order chi connectivity index (χ1) is 20.0. The van der Waals surface area contributed by atoms with Crippen molar-refractivity contribution >= 4 is 74.8 Å². The molecule has 236 valence electrons. The quantitative estimate of drug-likeness (QED) is 0.262. The second-order valence-corrected chi connectivity index (χ2v) is 10.6. The van der Waals surface area contributed by atoms with Crippen molar-refractivity contribution in [3.05, 3.63) is 88.5 Å². The molecular weight excluding hydrogens is 636 g/mol. The van der Waals surface area contributed by atoms with Crippen molar-refractivity contribution in [3.8, 4) is 0 Å². The van der Waals surface area contributed by atoms with Gasteiger partial charge in [-0.2, -0.15) is 0 Å². The van der Waals surface area contributed by atoms with E-state index in [4.69, 9.17) is 19.9 Å². The van der Waals surface area contributed by atoms with Crippen molar-refractivity contribution in [1.82, 2.24) is 19.9 Å². The number of nitrogens with zero attached hydrogens (tertiary/aromatic N) is 4. The third-order valence-corrected chi connectivity index (χ3v) is 8.06. The van der Waals surface area contributed by atoms with Crippen molar-refractivity contribution in [2.45, 2.75) is 53.4 Å². The summed E-state index contributed by atoms with van der Waals surface area (Å²) in [6.45, 7) is 15.9. The Balaban J connectivity index is 0.00000235. The van der Waals surface area contributed by atoms with Crippen LogP contribution in [0.3, 0.4) is 0 Å². The molecule has 2 aliphatic heterocycles. The van der Waals surface area contributed by atoms with E-state index in [1.807, 2.05) is 52.0 Å². The predicted octanol–water partition coefficient (Wildman–Crippen LogP) is 6.36. The molecule has 0 amide bonds. The number of aliphatic carboxylic acids is 2. The van der Waals surface area contributed by atoms with Gasteiger partial charge in [-0.05, 0) is 62.8 Å². The summed E-state index contributed by atoms with van der Waals surface area (Å²) in [5.41, 5.74) is 12.6. The number of halogens is 1. The SMILES string of the molecule is C=CC1=C(C)c2cc3[n-]c(cc4nc(cc5[n-]c(cc1n2)c(C)c5CCC(=O)O)C(CCC(=O)O)=C4C)c(C)c3C=C.Cl.O.[Fe+2]. The number of fused-ring (bicyclic) bond motifs is 8. The molecule has 0 atom stereocenters. The van der Waals surface area contributed by atoms with Crippen LogP contribution in [0.15, 0.2) is 43.5 Å². The van der Waals surface area contributed by atoms with Crippen LogP contribution in [0.2, 0.25) is 0 Å². The molecule has 0 saturated heterocycles. The number of rotatable bonds is 8. The number of allylic oxidation sites excluding steroid dienone is 5. The smallest absolute Gasteiger partial charge is 0.657 e. The topological polar surface area (TPSA) is 160 Å². The van der Waals surface area contributed by atoms with E-state index in [0.717, 1.165) is 61.3 Å². The Bertz CT molecular complexity index is 1930. The summed E-state index contributed by atoms with van der Waals surface area (Å²) in [5.74, 6) is -1.80. The molecule has 45 heavy (non-hydrogen) atoms. The molecule has 11 heteroatoms. The van der Waals surface area contributed by atoms with E-state index in [-0.39, 0.29) is 47.8 Å². The van der Waals surface area contributed by atoms with Gasteiger partial charge in [0.15, 0.2) is 0 Å². The number of hydrogen-bond donors (Lipinski definition) is 2. The maximum atomic E-state index is 11.5. The van der Waals surface area contributed by atoms with Crippen LogP contribution in [-0.4, -0.2) is 37.6 Å². The van der Waals surface area contributed by atoms with Gasteiger partial charge in [-0.3, -0.25) is 9.59 Å². The first-order valence-electron chi connectivity index (χ1n) is 13.8. The third kappa shape index (κ3) is 7.05. The molecule has 0 radical (unpaired) electrons. The summed E-state index contributed by atoms with van der Waals surface area (Å²) in [6.07, 6.45) is 4.06. The molecule has 0 aliphatic carbocycles. The van der Waals surface area contributed by atoms with Crippen LogP contribution in [-0.2, 0) is 33.1 Å². The largest absolute Gasteiger partial charge is 2.00 e. The van der Waals surface area contributed by atoms with Crippen LogP contribution >= 0.6 is 12.4 Å². The van der Waals surface area contributed by atoms with Gasteiger partial charge < -0.3 is 25.7 Å². The van der Waals surface area contributed by atoms with Gasteiger partial charge in [0.05, 0.1) is 22.8 Å². The van der Waals surface area contributed by atoms with E-state index in [1.165, 1.54) is 0 Å². The second kappa shape index (κ2) is 14.7. The normalized spacial score (nSPS) is 12.2. The van der Waals surface area contributed by atoms with E-state index < -0.39 is 11.9 Å². The molecule has 0 fully saturated rings. The molecule has 8 bridgehead atoms. The van der Waals surface area contributed by atoms with Gasteiger partial charge in [-0.15, -0.1) is 34.5 Å². The Morgan fingerprint density at radius 2 is 1.24 bits per heavy atom. The standard InChI is InChI=1S/C34H34N4O4.ClH.Fe.H2O/c1-7-21-17(3)25-13-26-19(5)23(9-11-33(39)40)31(37-26)16-32-24(10-12-34(41)42)20(6)28(38-32)15-30-22(8-2)18(4)27(36-30)14-29(21)35-25;;;/h7-8,13-16H,1-2,9-12H2,3-6H3,(H4,35,36,37,38,39,40,41,42);1H;;1H2/q;;+2;/p-2. The number of aromatic nitrogens is 4. The summed E-state index contributed by atoms with van der Waals surface area (Å²) in [6, 6.07) is 7.62. The van der Waals surface area contributed by atoms with Gasteiger partial charge in [-0.25, -0.2) is 9.97 Å². The summed E-state index contributed by atoms with van der Waals surface area (Å²) in [7, 11) is 0. The monoisotopic (exact) mass is 670 g/mol. The molecule has 3 aromatic rings. The minimum atomic E-state index is -0.898. The van der Waals surface area contributed by atoms with E-state index in [0.29, 0.717) is 41.0 Å². The number of carboxylic acids is 2. The van der Waals surface area contributed by atoms with Gasteiger partial charge in [0.25, 0.3) is 0 Å². The van der Waals surface area contributed by atoms with Crippen LogP contribution in [0.5, 0.6) is 0 Å². The first-order valence-corrected chi connectivity index (χ1v) is 13.8. The van der Waals surface area contributed by atoms with Crippen LogP contribution in [0, 0.1) is 13.8 Å². The van der Waals surface area contributed by atoms with Crippen LogP contribution in [0.1, 0.15) is 78.1 Å². The zero-order valence-electron chi connectivity index (χ0n) is 25.5. The maximum absolute atomic E-state index is 11.5. The molecule has 4 N–H and O–H groups in total. The Morgan fingerprint density at radius 1 is 0.733 bits per heavy atom. The zero-order chi connectivity index (χ0) is 30.3. The number of carboxylic acid groups (broad SMARTS) is 2. The minimum absolute atomic E-state index is 0. The van der Waals surface area contributed by atoms with Gasteiger partial charge in [0, 0.05) is 18.4 Å². The van der Waals surface area contributed by atoms with E-state index in [9.17, 15) is 19.8 Å². The van der Waals surface area contributed by atoms with Crippen LogP contribution in [0.25, 0.3) is 50.4 Å². The van der Waals surface area contributed by atoms with E-state index in [2.05, 4.69) is 13.2 Å². The molecule has 0 unspecified atom stereocenters. The predicted molar refractivity (Wildman–Crippen MR) is 177 cm³/mol. The summed E-state index contributed by atoms with van der Waals surface area (Å²) in [4.78, 5) is 42.7. The Hall–Kier alpha value is -4.21. The maximum Gasteiger partial charge on any atom is 2.00 e. The fourth-order valence-corrected chi connectivity index (χ4v) is 5.61. The summed E-state index contributed by atoms with van der Waals surface area (Å²) < 4.78 is 0. The van der Waals surface area contributed by atoms with Crippen molar-refractivity contribution in [2.24, 2.45) is 0 Å². The van der Waals surface area contributed by atoms with Crippen molar-refractivity contribution in [2.75, 3.05) is 0 Å². The zero-order valence-corrected chi connectivity index (χ0v) is 27.4. The van der Waals surface area contributed by atoms with Gasteiger partial charge in [0.2, 0.25) is 0 Å². The molecule has 9 nitrogen and oxygen atoms in total. The Labute approximate surface area is 278 Å². The molecule has 0 spiro atoms. The van der Waals surface area contributed by atoms with Crippen molar-refractivity contribution in [3.63, 3.8) is 0 Å². The molecular formula is C34H35ClFeN4O5. The van der Waals surface area contributed by atoms with Gasteiger partial charge in [-0.1, -0.05) is 66.3 Å². The van der Waals surface area contributed by atoms with Crippen molar-refractivity contribution < 1.29 is 42.3 Å². The fraction of sp³-hybridized carbons (Fsp3) is 0.235.